The van der Waals surface area contributed by atoms with Crippen LogP contribution in [0.25, 0.3) is 0 Å². The molecule has 122 valence electrons. The van der Waals surface area contributed by atoms with Crippen LogP contribution in [0.1, 0.15) is 45.4 Å². The number of aryl methyl sites for hydroxylation is 1. The summed E-state index contributed by atoms with van der Waals surface area (Å²) in [6.07, 6.45) is 5.52. The summed E-state index contributed by atoms with van der Waals surface area (Å²) in [4.78, 5) is 11.1. The van der Waals surface area contributed by atoms with E-state index in [1.54, 1.807) is 12.1 Å². The standard InChI is InChI=1S/C20H18ClNO2/c1-11-9-14(21)10-17-15-3-2-4-16(15)19(22-18(11)17)12-5-7-13(8-6-12)20(23)24/h2-3,5-10,15-16,19,22H,4H2,1H3,(H,23,24)/t15-,16+,19-/m1/s1. The topological polar surface area (TPSA) is 49.3 Å². The lowest BCUT2D eigenvalue weighted by Crippen LogP contribution is -2.29. The molecular weight excluding hydrogens is 322 g/mol. The summed E-state index contributed by atoms with van der Waals surface area (Å²) in [5, 5.41) is 13.5. The molecule has 1 aliphatic heterocycles. The van der Waals surface area contributed by atoms with E-state index >= 15 is 0 Å². The fourth-order valence-electron chi connectivity index (χ4n) is 4.00. The molecule has 1 heterocycles. The van der Waals surface area contributed by atoms with Gasteiger partial charge in [0.15, 0.2) is 0 Å². The average molecular weight is 340 g/mol. The van der Waals surface area contributed by atoms with Crippen molar-refractivity contribution in [2.75, 3.05) is 5.32 Å². The zero-order chi connectivity index (χ0) is 16.8. The Kier molecular flexibility index (Phi) is 3.61. The molecule has 0 saturated heterocycles. The molecule has 2 aliphatic rings. The lowest BCUT2D eigenvalue weighted by atomic mass is 9.76. The van der Waals surface area contributed by atoms with Gasteiger partial charge in [-0.2, -0.15) is 0 Å². The van der Waals surface area contributed by atoms with Crippen LogP contribution in [-0.4, -0.2) is 11.1 Å². The second-order valence-electron chi connectivity index (χ2n) is 6.59. The Morgan fingerprint density at radius 2 is 2.00 bits per heavy atom. The summed E-state index contributed by atoms with van der Waals surface area (Å²) < 4.78 is 0. The minimum atomic E-state index is -0.894. The van der Waals surface area contributed by atoms with Gasteiger partial charge in [-0.05, 0) is 60.2 Å². The average Bonchev–Trinajstić information content (AvgIpc) is 3.04. The monoisotopic (exact) mass is 339 g/mol. The first-order valence-corrected chi connectivity index (χ1v) is 8.49. The summed E-state index contributed by atoms with van der Waals surface area (Å²) in [6, 6.07) is 11.4. The van der Waals surface area contributed by atoms with Gasteiger partial charge in [-0.15, -0.1) is 0 Å². The predicted octanol–water partition coefficient (Wildman–Crippen LogP) is 5.17. The number of aromatic carboxylic acids is 1. The van der Waals surface area contributed by atoms with Crippen molar-refractivity contribution in [1.29, 1.82) is 0 Å². The predicted molar refractivity (Wildman–Crippen MR) is 95.9 cm³/mol. The van der Waals surface area contributed by atoms with E-state index in [0.717, 1.165) is 28.3 Å². The normalized spacial score (nSPS) is 24.2. The molecule has 4 rings (SSSR count). The number of carboxylic acids is 1. The summed E-state index contributed by atoms with van der Waals surface area (Å²) in [7, 11) is 0. The highest BCUT2D eigenvalue weighted by Crippen LogP contribution is 2.51. The lowest BCUT2D eigenvalue weighted by molar-refractivity contribution is 0.0697. The molecule has 0 bridgehead atoms. The van der Waals surface area contributed by atoms with Crippen LogP contribution < -0.4 is 5.32 Å². The Morgan fingerprint density at radius 3 is 2.71 bits per heavy atom. The molecule has 3 nitrogen and oxygen atoms in total. The fourth-order valence-corrected chi connectivity index (χ4v) is 4.29. The number of allylic oxidation sites excluding steroid dienone is 2. The van der Waals surface area contributed by atoms with E-state index in [4.69, 9.17) is 16.7 Å². The molecule has 2 aromatic rings. The van der Waals surface area contributed by atoms with Gasteiger partial charge >= 0.3 is 5.97 Å². The Bertz CT molecular complexity index is 841. The van der Waals surface area contributed by atoms with Crippen molar-refractivity contribution in [3.05, 3.63) is 75.8 Å². The van der Waals surface area contributed by atoms with Crippen molar-refractivity contribution in [3.63, 3.8) is 0 Å². The minimum Gasteiger partial charge on any atom is -0.478 e. The molecule has 0 unspecified atom stereocenters. The van der Waals surface area contributed by atoms with Crippen LogP contribution in [0.2, 0.25) is 5.02 Å². The van der Waals surface area contributed by atoms with Gasteiger partial charge in [0.2, 0.25) is 0 Å². The number of hydrogen-bond acceptors (Lipinski definition) is 2. The van der Waals surface area contributed by atoms with Crippen molar-refractivity contribution >= 4 is 23.3 Å². The summed E-state index contributed by atoms with van der Waals surface area (Å²) in [5.74, 6) is -0.122. The highest BCUT2D eigenvalue weighted by atomic mass is 35.5. The van der Waals surface area contributed by atoms with Crippen LogP contribution in [0.3, 0.4) is 0 Å². The van der Waals surface area contributed by atoms with Crippen LogP contribution in [0, 0.1) is 12.8 Å². The fraction of sp³-hybridized carbons (Fsp3) is 0.250. The second kappa shape index (κ2) is 5.67. The third-order valence-electron chi connectivity index (χ3n) is 5.15. The first-order valence-electron chi connectivity index (χ1n) is 8.11. The number of benzene rings is 2. The minimum absolute atomic E-state index is 0.167. The van der Waals surface area contributed by atoms with Crippen molar-refractivity contribution < 1.29 is 9.90 Å². The largest absolute Gasteiger partial charge is 0.478 e. The Morgan fingerprint density at radius 1 is 1.25 bits per heavy atom. The summed E-state index contributed by atoms with van der Waals surface area (Å²) >= 11 is 6.27. The van der Waals surface area contributed by atoms with Crippen molar-refractivity contribution in [2.24, 2.45) is 5.92 Å². The van der Waals surface area contributed by atoms with E-state index in [-0.39, 0.29) is 6.04 Å². The zero-order valence-electron chi connectivity index (χ0n) is 13.3. The molecule has 0 saturated carbocycles. The number of carbonyl (C=O) groups is 1. The van der Waals surface area contributed by atoms with Crippen LogP contribution in [-0.2, 0) is 0 Å². The number of carboxylic acid groups (broad SMARTS) is 1. The molecule has 24 heavy (non-hydrogen) atoms. The van der Waals surface area contributed by atoms with E-state index in [1.807, 2.05) is 18.2 Å². The molecule has 2 aromatic carbocycles. The van der Waals surface area contributed by atoms with Gasteiger partial charge in [0.05, 0.1) is 11.6 Å². The number of rotatable bonds is 2. The van der Waals surface area contributed by atoms with Crippen LogP contribution in [0.4, 0.5) is 5.69 Å². The third-order valence-corrected chi connectivity index (χ3v) is 5.37. The SMILES string of the molecule is Cc1cc(Cl)cc2c1N[C@H](c1ccc(C(=O)O)cc1)[C@H]1CC=C[C@@H]21. The van der Waals surface area contributed by atoms with Crippen molar-refractivity contribution in [2.45, 2.75) is 25.3 Å². The number of nitrogens with one attached hydrogen (secondary N) is 1. The van der Waals surface area contributed by atoms with E-state index in [9.17, 15) is 4.79 Å². The van der Waals surface area contributed by atoms with Crippen LogP contribution in [0.15, 0.2) is 48.6 Å². The maximum Gasteiger partial charge on any atom is 0.335 e. The highest BCUT2D eigenvalue weighted by molar-refractivity contribution is 6.30. The quantitative estimate of drug-likeness (QED) is 0.742. The van der Waals surface area contributed by atoms with Gasteiger partial charge in [0.1, 0.15) is 0 Å². The maximum absolute atomic E-state index is 11.1. The first-order chi connectivity index (χ1) is 11.5. The molecule has 3 atom stereocenters. The Balaban J connectivity index is 1.76. The van der Waals surface area contributed by atoms with Gasteiger partial charge in [-0.1, -0.05) is 35.9 Å². The number of fused-ring (bicyclic) bond motifs is 3. The second-order valence-corrected chi connectivity index (χ2v) is 7.03. The van der Waals surface area contributed by atoms with Gasteiger partial charge in [-0.3, -0.25) is 0 Å². The van der Waals surface area contributed by atoms with E-state index in [0.29, 0.717) is 17.4 Å². The van der Waals surface area contributed by atoms with Gasteiger partial charge < -0.3 is 10.4 Å². The first kappa shape index (κ1) is 15.3. The van der Waals surface area contributed by atoms with Crippen molar-refractivity contribution in [3.8, 4) is 0 Å². The summed E-state index contributed by atoms with van der Waals surface area (Å²) in [6.45, 7) is 2.07. The molecule has 0 radical (unpaired) electrons. The van der Waals surface area contributed by atoms with E-state index in [1.165, 1.54) is 5.56 Å². The number of anilines is 1. The molecule has 0 spiro atoms. The number of halogens is 1. The third kappa shape index (κ3) is 2.40. The number of hydrogen-bond donors (Lipinski definition) is 2. The highest BCUT2D eigenvalue weighted by Gasteiger charge is 2.38. The van der Waals surface area contributed by atoms with Crippen LogP contribution >= 0.6 is 11.6 Å². The smallest absolute Gasteiger partial charge is 0.335 e. The maximum atomic E-state index is 11.1. The van der Waals surface area contributed by atoms with Gasteiger partial charge in [-0.25, -0.2) is 4.79 Å². The van der Waals surface area contributed by atoms with Crippen LogP contribution in [0.5, 0.6) is 0 Å². The van der Waals surface area contributed by atoms with E-state index in [2.05, 4.69) is 30.5 Å². The molecule has 2 N–H and O–H groups in total. The van der Waals surface area contributed by atoms with Gasteiger partial charge in [0, 0.05) is 16.6 Å². The molecule has 1 aliphatic carbocycles. The molecule has 0 amide bonds. The molecule has 4 heteroatoms. The molecule has 0 fully saturated rings. The van der Waals surface area contributed by atoms with E-state index < -0.39 is 5.97 Å². The lowest BCUT2D eigenvalue weighted by Gasteiger charge is -2.38. The summed E-state index contributed by atoms with van der Waals surface area (Å²) in [5.41, 5.74) is 5.00. The molecular formula is C20H18ClNO2. The Labute approximate surface area is 146 Å². The Hall–Kier alpha value is -2.26. The zero-order valence-corrected chi connectivity index (χ0v) is 14.0. The molecule has 0 aromatic heterocycles. The van der Waals surface area contributed by atoms with Crippen molar-refractivity contribution in [1.82, 2.24) is 0 Å². The van der Waals surface area contributed by atoms with Gasteiger partial charge in [0.25, 0.3) is 0 Å².